The fourth-order valence-electron chi connectivity index (χ4n) is 3.50. The van der Waals surface area contributed by atoms with Crippen LogP contribution in [0.4, 0.5) is 4.79 Å². The van der Waals surface area contributed by atoms with Crippen molar-refractivity contribution in [2.24, 2.45) is 5.73 Å². The zero-order valence-corrected chi connectivity index (χ0v) is 19.9. The normalized spacial score (nSPS) is 18.6. The minimum atomic E-state index is -1.35. The number of benzene rings is 1. The van der Waals surface area contributed by atoms with Crippen LogP contribution in [0.5, 0.6) is 0 Å². The SMILES string of the molecule is CCOC(=O)C(CN)(CCCCB1OC(C)(C)C(C)(C)O1)NC(=O)OCc1ccccc1. The van der Waals surface area contributed by atoms with E-state index in [4.69, 9.17) is 24.5 Å². The van der Waals surface area contributed by atoms with Crippen molar-refractivity contribution in [1.29, 1.82) is 0 Å². The molecule has 2 rings (SSSR count). The summed E-state index contributed by atoms with van der Waals surface area (Å²) < 4.78 is 22.5. The molecular formula is C23H37BN2O6. The molecule has 1 heterocycles. The van der Waals surface area contributed by atoms with Gasteiger partial charge in [-0.25, -0.2) is 9.59 Å². The number of unbranched alkanes of at least 4 members (excludes halogenated alkanes) is 1. The lowest BCUT2D eigenvalue weighted by Gasteiger charge is -2.32. The number of ether oxygens (including phenoxy) is 2. The number of hydrogen-bond donors (Lipinski definition) is 2. The second-order valence-electron chi connectivity index (χ2n) is 9.13. The second kappa shape index (κ2) is 11.2. The van der Waals surface area contributed by atoms with Crippen LogP contribution in [0.3, 0.4) is 0 Å². The lowest BCUT2D eigenvalue weighted by Crippen LogP contribution is -2.60. The summed E-state index contributed by atoms with van der Waals surface area (Å²) in [5, 5.41) is 2.67. The van der Waals surface area contributed by atoms with E-state index in [2.05, 4.69) is 5.32 Å². The van der Waals surface area contributed by atoms with Crippen molar-refractivity contribution in [3.05, 3.63) is 35.9 Å². The standard InChI is InChI=1S/C23H37BN2O6/c1-6-29-19(27)23(17-25,26-20(28)30-16-18-12-8-7-9-13-18)14-10-11-15-24-31-21(2,3)22(4,5)32-24/h7-9,12-13H,6,10-11,14-17,25H2,1-5H3,(H,26,28). The van der Waals surface area contributed by atoms with Crippen LogP contribution < -0.4 is 11.1 Å². The lowest BCUT2D eigenvalue weighted by molar-refractivity contribution is -0.151. The topological polar surface area (TPSA) is 109 Å². The van der Waals surface area contributed by atoms with Gasteiger partial charge in [0.1, 0.15) is 6.61 Å². The molecular weight excluding hydrogens is 411 g/mol. The Kier molecular flexibility index (Phi) is 9.12. The molecule has 1 saturated heterocycles. The van der Waals surface area contributed by atoms with Gasteiger partial charge in [0.05, 0.1) is 17.8 Å². The molecule has 1 atom stereocenters. The van der Waals surface area contributed by atoms with E-state index >= 15 is 0 Å². The molecule has 0 radical (unpaired) electrons. The number of amides is 1. The predicted molar refractivity (Wildman–Crippen MR) is 123 cm³/mol. The van der Waals surface area contributed by atoms with Crippen LogP contribution in [0.2, 0.25) is 6.32 Å². The summed E-state index contributed by atoms with van der Waals surface area (Å²) in [5.74, 6) is -0.560. The van der Waals surface area contributed by atoms with Crippen molar-refractivity contribution >= 4 is 19.2 Å². The van der Waals surface area contributed by atoms with E-state index in [1.807, 2.05) is 58.0 Å². The van der Waals surface area contributed by atoms with Gasteiger partial charge in [-0.05, 0) is 52.9 Å². The quantitative estimate of drug-likeness (QED) is 0.303. The van der Waals surface area contributed by atoms with Gasteiger partial charge in [0.15, 0.2) is 5.54 Å². The van der Waals surface area contributed by atoms with Gasteiger partial charge in [-0.1, -0.05) is 43.2 Å². The molecule has 1 aromatic carbocycles. The Morgan fingerprint density at radius 1 is 1.06 bits per heavy atom. The van der Waals surface area contributed by atoms with Crippen LogP contribution in [0, 0.1) is 0 Å². The number of hydrogen-bond acceptors (Lipinski definition) is 7. The van der Waals surface area contributed by atoms with Gasteiger partial charge in [-0.3, -0.25) is 0 Å². The zero-order valence-electron chi connectivity index (χ0n) is 19.9. The van der Waals surface area contributed by atoms with Crippen LogP contribution >= 0.6 is 0 Å². The molecule has 1 amide bonds. The smallest absolute Gasteiger partial charge is 0.457 e. The molecule has 0 bridgehead atoms. The summed E-state index contributed by atoms with van der Waals surface area (Å²) in [7, 11) is -0.307. The summed E-state index contributed by atoms with van der Waals surface area (Å²) in [5.41, 5.74) is 4.69. The zero-order chi connectivity index (χ0) is 23.8. The highest BCUT2D eigenvalue weighted by atomic mass is 16.7. The van der Waals surface area contributed by atoms with Gasteiger partial charge < -0.3 is 29.8 Å². The fraction of sp³-hybridized carbons (Fsp3) is 0.652. The molecule has 8 nitrogen and oxygen atoms in total. The summed E-state index contributed by atoms with van der Waals surface area (Å²) in [4.78, 5) is 25.2. The minimum Gasteiger partial charge on any atom is -0.464 e. The molecule has 9 heteroatoms. The third-order valence-electron chi connectivity index (χ3n) is 6.16. The summed E-state index contributed by atoms with van der Waals surface area (Å²) in [6, 6.07) is 9.31. The third kappa shape index (κ3) is 6.70. The fourth-order valence-corrected chi connectivity index (χ4v) is 3.50. The van der Waals surface area contributed by atoms with E-state index in [0.29, 0.717) is 19.2 Å². The Morgan fingerprint density at radius 3 is 2.25 bits per heavy atom. The molecule has 1 aromatic rings. The molecule has 1 aliphatic heterocycles. The van der Waals surface area contributed by atoms with Crippen LogP contribution in [0.1, 0.15) is 59.4 Å². The van der Waals surface area contributed by atoms with Crippen molar-refractivity contribution in [2.75, 3.05) is 13.2 Å². The number of esters is 1. The first kappa shape index (κ1) is 26.2. The van der Waals surface area contributed by atoms with Crippen molar-refractivity contribution in [3.8, 4) is 0 Å². The Labute approximate surface area is 191 Å². The molecule has 0 aliphatic carbocycles. The molecule has 0 spiro atoms. The van der Waals surface area contributed by atoms with E-state index in [1.165, 1.54) is 0 Å². The van der Waals surface area contributed by atoms with Gasteiger partial charge in [0.2, 0.25) is 0 Å². The average molecular weight is 448 g/mol. The Hall–Kier alpha value is -2.10. The number of nitrogens with one attached hydrogen (secondary N) is 1. The summed E-state index contributed by atoms with van der Waals surface area (Å²) in [6.07, 6.45) is 1.65. The van der Waals surface area contributed by atoms with Crippen LogP contribution in [-0.2, 0) is 30.2 Å². The van der Waals surface area contributed by atoms with Gasteiger partial charge in [-0.15, -0.1) is 0 Å². The first-order chi connectivity index (χ1) is 15.0. The van der Waals surface area contributed by atoms with Crippen LogP contribution in [-0.4, -0.2) is 49.1 Å². The molecule has 0 saturated carbocycles. The molecule has 1 unspecified atom stereocenters. The molecule has 3 N–H and O–H groups in total. The van der Waals surface area contributed by atoms with Crippen molar-refractivity contribution in [1.82, 2.24) is 5.32 Å². The first-order valence-electron chi connectivity index (χ1n) is 11.3. The Morgan fingerprint density at radius 2 is 1.69 bits per heavy atom. The van der Waals surface area contributed by atoms with Crippen molar-refractivity contribution in [2.45, 2.75) is 83.5 Å². The van der Waals surface area contributed by atoms with Crippen LogP contribution in [0.25, 0.3) is 0 Å². The number of nitrogens with two attached hydrogens (primary N) is 1. The van der Waals surface area contributed by atoms with E-state index in [1.54, 1.807) is 6.92 Å². The van der Waals surface area contributed by atoms with Crippen LogP contribution in [0.15, 0.2) is 30.3 Å². The maximum Gasteiger partial charge on any atom is 0.457 e. The molecule has 0 aromatic heterocycles. The van der Waals surface area contributed by atoms with Gasteiger partial charge >= 0.3 is 19.2 Å². The number of alkyl carbamates (subject to hydrolysis) is 1. The third-order valence-corrected chi connectivity index (χ3v) is 6.16. The molecule has 1 fully saturated rings. The van der Waals surface area contributed by atoms with E-state index in [0.717, 1.165) is 12.0 Å². The van der Waals surface area contributed by atoms with Gasteiger partial charge in [0, 0.05) is 6.54 Å². The molecule has 1 aliphatic rings. The number of carbonyl (C=O) groups excluding carboxylic acids is 2. The van der Waals surface area contributed by atoms with Gasteiger partial charge in [-0.2, -0.15) is 0 Å². The van der Waals surface area contributed by atoms with E-state index < -0.39 is 17.6 Å². The number of carbonyl (C=O) groups is 2. The van der Waals surface area contributed by atoms with Crippen molar-refractivity contribution < 1.29 is 28.4 Å². The first-order valence-corrected chi connectivity index (χ1v) is 11.3. The van der Waals surface area contributed by atoms with Crippen molar-refractivity contribution in [3.63, 3.8) is 0 Å². The average Bonchev–Trinajstić information content (AvgIpc) is 2.95. The Balaban J connectivity index is 1.92. The Bertz CT molecular complexity index is 742. The predicted octanol–water partition coefficient (Wildman–Crippen LogP) is 3.44. The highest BCUT2D eigenvalue weighted by molar-refractivity contribution is 6.45. The van der Waals surface area contributed by atoms with E-state index in [9.17, 15) is 9.59 Å². The maximum atomic E-state index is 12.7. The summed E-state index contributed by atoms with van der Waals surface area (Å²) in [6.45, 7) is 9.95. The lowest BCUT2D eigenvalue weighted by atomic mass is 9.81. The molecule has 178 valence electrons. The summed E-state index contributed by atoms with van der Waals surface area (Å²) >= 11 is 0. The molecule has 32 heavy (non-hydrogen) atoms. The highest BCUT2D eigenvalue weighted by Crippen LogP contribution is 2.38. The van der Waals surface area contributed by atoms with E-state index in [-0.39, 0.29) is 38.1 Å². The monoisotopic (exact) mass is 448 g/mol. The largest absolute Gasteiger partial charge is 0.464 e. The number of rotatable bonds is 11. The maximum absolute atomic E-state index is 12.7. The second-order valence-corrected chi connectivity index (χ2v) is 9.13. The highest BCUT2D eigenvalue weighted by Gasteiger charge is 2.50. The minimum absolute atomic E-state index is 0.0945. The van der Waals surface area contributed by atoms with Gasteiger partial charge in [0.25, 0.3) is 0 Å².